The molecule has 2 aromatic heterocycles. The molecule has 2 aromatic rings. The second-order valence-electron chi connectivity index (χ2n) is 5.11. The number of furan rings is 1. The molecule has 0 aliphatic carbocycles. The summed E-state index contributed by atoms with van der Waals surface area (Å²) in [5.41, 5.74) is 1.95. The summed E-state index contributed by atoms with van der Waals surface area (Å²) in [5, 5.41) is 0. The topological polar surface area (TPSA) is 60.5 Å². The lowest BCUT2D eigenvalue weighted by Gasteiger charge is -2.28. The van der Waals surface area contributed by atoms with Gasteiger partial charge in [0.05, 0.1) is 30.9 Å². The Morgan fingerprint density at radius 2 is 2.29 bits per heavy atom. The van der Waals surface area contributed by atoms with Gasteiger partial charge in [-0.1, -0.05) is 0 Å². The fraction of sp³-hybridized carbons (Fsp3) is 0.467. The third-order valence-electron chi connectivity index (χ3n) is 3.67. The van der Waals surface area contributed by atoms with Gasteiger partial charge in [0.25, 0.3) is 5.91 Å². The second kappa shape index (κ2) is 5.73. The molecule has 0 radical (unpaired) electrons. The normalized spacial score (nSPS) is 14.3. The van der Waals surface area contributed by atoms with Gasteiger partial charge >= 0.3 is 0 Å². The van der Waals surface area contributed by atoms with Crippen LogP contribution in [0.15, 0.2) is 22.9 Å². The molecule has 0 unspecified atom stereocenters. The molecule has 112 valence electrons. The first-order valence-corrected chi connectivity index (χ1v) is 7.15. The molecule has 0 fully saturated rings. The number of carbonyl (C=O) groups excluding carboxylic acids is 1. The minimum absolute atomic E-state index is 0.0714. The van der Waals surface area contributed by atoms with Crippen molar-refractivity contribution in [2.24, 2.45) is 0 Å². The van der Waals surface area contributed by atoms with Crippen LogP contribution in [0.25, 0.3) is 0 Å². The highest BCUT2D eigenvalue weighted by Crippen LogP contribution is 2.19. The molecular weight excluding hydrogens is 270 g/mol. The molecule has 0 N–H and O–H groups in total. The van der Waals surface area contributed by atoms with Gasteiger partial charge in [0.1, 0.15) is 5.76 Å². The Labute approximate surface area is 123 Å². The highest BCUT2D eigenvalue weighted by Gasteiger charge is 2.26. The number of aryl methyl sites for hydroxylation is 1. The van der Waals surface area contributed by atoms with Crippen LogP contribution in [0.5, 0.6) is 0 Å². The number of nitrogens with zero attached hydrogens (tertiary/aromatic N) is 3. The van der Waals surface area contributed by atoms with Crippen molar-refractivity contribution in [1.82, 2.24) is 14.5 Å². The predicted molar refractivity (Wildman–Crippen MR) is 75.7 cm³/mol. The molecule has 21 heavy (non-hydrogen) atoms. The maximum absolute atomic E-state index is 12.4. The van der Waals surface area contributed by atoms with E-state index in [1.807, 2.05) is 26.2 Å². The van der Waals surface area contributed by atoms with Crippen molar-refractivity contribution >= 4 is 5.91 Å². The van der Waals surface area contributed by atoms with Gasteiger partial charge in [-0.3, -0.25) is 4.79 Å². The van der Waals surface area contributed by atoms with Gasteiger partial charge in [-0.25, -0.2) is 4.98 Å². The second-order valence-corrected chi connectivity index (χ2v) is 5.11. The summed E-state index contributed by atoms with van der Waals surface area (Å²) in [6, 6.07) is 3.53. The van der Waals surface area contributed by atoms with Crippen LogP contribution < -0.4 is 0 Å². The lowest BCUT2D eigenvalue weighted by Crippen LogP contribution is -2.38. The first-order chi connectivity index (χ1) is 10.2. The zero-order chi connectivity index (χ0) is 14.8. The van der Waals surface area contributed by atoms with E-state index in [1.54, 1.807) is 11.0 Å². The third kappa shape index (κ3) is 2.71. The van der Waals surface area contributed by atoms with Crippen LogP contribution in [0.2, 0.25) is 0 Å². The van der Waals surface area contributed by atoms with E-state index in [9.17, 15) is 4.79 Å². The van der Waals surface area contributed by atoms with Gasteiger partial charge in [-0.15, -0.1) is 0 Å². The van der Waals surface area contributed by atoms with Gasteiger partial charge in [0, 0.05) is 19.7 Å². The van der Waals surface area contributed by atoms with E-state index in [4.69, 9.17) is 9.15 Å². The quantitative estimate of drug-likeness (QED) is 0.863. The zero-order valence-electron chi connectivity index (χ0n) is 12.3. The smallest absolute Gasteiger partial charge is 0.289 e. The molecular formula is C15H19N3O3. The first kappa shape index (κ1) is 13.9. The number of fused-ring (bicyclic) bond motifs is 1. The number of hydrogen-bond acceptors (Lipinski definition) is 4. The summed E-state index contributed by atoms with van der Waals surface area (Å²) >= 11 is 0. The van der Waals surface area contributed by atoms with E-state index in [-0.39, 0.29) is 5.91 Å². The van der Waals surface area contributed by atoms with Gasteiger partial charge in [0.15, 0.2) is 5.76 Å². The third-order valence-corrected chi connectivity index (χ3v) is 3.67. The summed E-state index contributed by atoms with van der Waals surface area (Å²) in [6.45, 7) is 6.89. The summed E-state index contributed by atoms with van der Waals surface area (Å²) in [6.07, 6.45) is 1.82. The average Bonchev–Trinajstić information content (AvgIpc) is 3.10. The summed E-state index contributed by atoms with van der Waals surface area (Å²) in [7, 11) is 0. The molecule has 0 bridgehead atoms. The number of aromatic nitrogens is 2. The Morgan fingerprint density at radius 3 is 3.00 bits per heavy atom. The Bertz CT molecular complexity index is 644. The Kier molecular flexibility index (Phi) is 3.79. The van der Waals surface area contributed by atoms with E-state index in [0.717, 1.165) is 23.7 Å². The highest BCUT2D eigenvalue weighted by molar-refractivity contribution is 5.91. The van der Waals surface area contributed by atoms with Crippen LogP contribution in [-0.4, -0.2) is 33.5 Å². The molecule has 0 aromatic carbocycles. The van der Waals surface area contributed by atoms with E-state index in [1.165, 1.54) is 0 Å². The molecule has 0 spiro atoms. The van der Waals surface area contributed by atoms with Crippen LogP contribution in [0.3, 0.4) is 0 Å². The predicted octanol–water partition coefficient (Wildman–Crippen LogP) is 1.98. The Hall–Kier alpha value is -2.08. The van der Waals surface area contributed by atoms with Crippen molar-refractivity contribution in [2.75, 3.05) is 13.2 Å². The Balaban J connectivity index is 1.77. The highest BCUT2D eigenvalue weighted by atomic mass is 16.5. The Morgan fingerprint density at radius 1 is 1.43 bits per heavy atom. The molecule has 3 rings (SSSR count). The molecule has 0 saturated carbocycles. The van der Waals surface area contributed by atoms with E-state index in [0.29, 0.717) is 32.1 Å². The summed E-state index contributed by atoms with van der Waals surface area (Å²) in [4.78, 5) is 18.6. The van der Waals surface area contributed by atoms with E-state index < -0.39 is 0 Å². The van der Waals surface area contributed by atoms with E-state index >= 15 is 0 Å². The number of ether oxygens (including phenoxy) is 1. The number of rotatable bonds is 4. The number of hydrogen-bond donors (Lipinski definition) is 0. The van der Waals surface area contributed by atoms with Crippen LogP contribution in [0.1, 0.15) is 34.6 Å². The lowest BCUT2D eigenvalue weighted by molar-refractivity contribution is 0.0672. The van der Waals surface area contributed by atoms with Crippen LogP contribution in [0, 0.1) is 6.92 Å². The zero-order valence-corrected chi connectivity index (χ0v) is 12.3. The lowest BCUT2D eigenvalue weighted by atomic mass is 10.2. The van der Waals surface area contributed by atoms with Crippen molar-refractivity contribution in [3.63, 3.8) is 0 Å². The fourth-order valence-corrected chi connectivity index (χ4v) is 2.51. The fourth-order valence-electron chi connectivity index (χ4n) is 2.51. The molecule has 0 saturated heterocycles. The number of carbonyl (C=O) groups is 1. The molecule has 6 nitrogen and oxygen atoms in total. The van der Waals surface area contributed by atoms with Gasteiger partial charge in [-0.05, 0) is 26.0 Å². The minimum atomic E-state index is -0.0714. The first-order valence-electron chi connectivity index (χ1n) is 7.15. The largest absolute Gasteiger partial charge is 0.456 e. The van der Waals surface area contributed by atoms with Crippen molar-refractivity contribution in [2.45, 2.75) is 33.5 Å². The summed E-state index contributed by atoms with van der Waals surface area (Å²) < 4.78 is 12.9. The number of amides is 1. The minimum Gasteiger partial charge on any atom is -0.456 e. The summed E-state index contributed by atoms with van der Waals surface area (Å²) in [5.74, 6) is 1.07. The monoisotopic (exact) mass is 289 g/mol. The van der Waals surface area contributed by atoms with Crippen molar-refractivity contribution in [1.29, 1.82) is 0 Å². The van der Waals surface area contributed by atoms with E-state index in [2.05, 4.69) is 9.55 Å². The van der Waals surface area contributed by atoms with Crippen molar-refractivity contribution in [3.8, 4) is 0 Å². The van der Waals surface area contributed by atoms with Crippen molar-refractivity contribution in [3.05, 3.63) is 41.4 Å². The average molecular weight is 289 g/mol. The molecule has 6 heteroatoms. The number of imidazole rings is 1. The SMILES string of the molecule is CCOCc1ncn2c1CN(C(=O)c1ccc(C)o1)CC2. The van der Waals surface area contributed by atoms with Crippen LogP contribution >= 0.6 is 0 Å². The van der Waals surface area contributed by atoms with Crippen molar-refractivity contribution < 1.29 is 13.9 Å². The molecule has 1 amide bonds. The van der Waals surface area contributed by atoms with Crippen LogP contribution in [0.4, 0.5) is 0 Å². The maximum atomic E-state index is 12.4. The standard InChI is InChI=1S/C15H19N3O3/c1-3-20-9-12-13-8-17(6-7-18(13)10-16-12)15(19)14-5-4-11(2)21-14/h4-5,10H,3,6-9H2,1-2H3. The molecule has 1 aliphatic heterocycles. The van der Waals surface area contributed by atoms with Crippen LogP contribution in [-0.2, 0) is 24.4 Å². The van der Waals surface area contributed by atoms with Gasteiger partial charge in [0.2, 0.25) is 0 Å². The van der Waals surface area contributed by atoms with Gasteiger partial charge < -0.3 is 18.6 Å². The maximum Gasteiger partial charge on any atom is 0.289 e. The molecule has 0 atom stereocenters. The molecule has 1 aliphatic rings. The molecule has 3 heterocycles. The van der Waals surface area contributed by atoms with Gasteiger partial charge in [-0.2, -0.15) is 0 Å².